The van der Waals surface area contributed by atoms with Crippen LogP contribution in [-0.4, -0.2) is 12.6 Å². The molecule has 2 rings (SSSR count). The Hall–Kier alpha value is -1.23. The minimum absolute atomic E-state index is 0.0118. The third-order valence-corrected chi connectivity index (χ3v) is 3.01. The number of hydrogen-bond donors (Lipinski definition) is 2. The summed E-state index contributed by atoms with van der Waals surface area (Å²) in [6.07, 6.45) is -3.59. The Balaban J connectivity index is 2.31. The second-order valence-electron chi connectivity index (χ2n) is 4.59. The van der Waals surface area contributed by atoms with E-state index in [1.807, 2.05) is 6.92 Å². The first kappa shape index (κ1) is 12.2. The molecule has 0 saturated heterocycles. The molecule has 1 aliphatic rings. The van der Waals surface area contributed by atoms with Gasteiger partial charge in [0.15, 0.2) is 0 Å². The largest absolute Gasteiger partial charge is 0.416 e. The topological polar surface area (TPSA) is 38.0 Å². The number of anilines is 1. The van der Waals surface area contributed by atoms with E-state index in [1.54, 1.807) is 0 Å². The van der Waals surface area contributed by atoms with E-state index < -0.39 is 11.7 Å². The molecule has 2 nitrogen and oxygen atoms in total. The predicted molar refractivity (Wildman–Crippen MR) is 60.9 cm³/mol. The Morgan fingerprint density at radius 1 is 1.47 bits per heavy atom. The third kappa shape index (κ3) is 2.54. The molecule has 0 aromatic heterocycles. The maximum atomic E-state index is 12.6. The van der Waals surface area contributed by atoms with Crippen LogP contribution in [0.5, 0.6) is 0 Å². The van der Waals surface area contributed by atoms with Gasteiger partial charge in [-0.3, -0.25) is 0 Å². The number of alkyl halides is 3. The van der Waals surface area contributed by atoms with E-state index >= 15 is 0 Å². The fourth-order valence-corrected chi connectivity index (χ4v) is 2.24. The van der Waals surface area contributed by atoms with Crippen LogP contribution in [0, 0.1) is 0 Å². The number of rotatable bonds is 2. The molecule has 0 spiro atoms. The molecule has 0 aliphatic carbocycles. The second-order valence-corrected chi connectivity index (χ2v) is 4.59. The van der Waals surface area contributed by atoms with E-state index in [4.69, 9.17) is 5.73 Å². The fraction of sp³-hybridized carbons (Fsp3) is 0.500. The molecule has 1 aliphatic heterocycles. The molecule has 1 heterocycles. The average molecular weight is 244 g/mol. The van der Waals surface area contributed by atoms with Gasteiger partial charge in [-0.1, -0.05) is 0 Å². The van der Waals surface area contributed by atoms with Crippen LogP contribution in [0.15, 0.2) is 18.2 Å². The average Bonchev–Trinajstić information content (AvgIpc) is 2.59. The zero-order chi connectivity index (χ0) is 12.6. The molecule has 0 saturated carbocycles. The van der Waals surface area contributed by atoms with Crippen molar-refractivity contribution < 1.29 is 13.2 Å². The van der Waals surface area contributed by atoms with Gasteiger partial charge < -0.3 is 11.1 Å². The van der Waals surface area contributed by atoms with Crippen molar-refractivity contribution in [1.29, 1.82) is 0 Å². The first-order valence-electron chi connectivity index (χ1n) is 5.58. The summed E-state index contributed by atoms with van der Waals surface area (Å²) in [5, 5.41) is 3.11. The van der Waals surface area contributed by atoms with Crippen LogP contribution in [0.2, 0.25) is 0 Å². The predicted octanol–water partition coefficient (Wildman–Crippen LogP) is 2.95. The molecule has 0 amide bonds. The Bertz CT molecular complexity index is 413. The number of nitrogens with two attached hydrogens (primary N) is 1. The van der Waals surface area contributed by atoms with Crippen LogP contribution in [0.4, 0.5) is 18.9 Å². The van der Waals surface area contributed by atoms with Gasteiger partial charge in [0.1, 0.15) is 0 Å². The fourth-order valence-electron chi connectivity index (χ4n) is 2.24. The van der Waals surface area contributed by atoms with E-state index in [-0.39, 0.29) is 12.0 Å². The van der Waals surface area contributed by atoms with Gasteiger partial charge in [-0.2, -0.15) is 13.2 Å². The second kappa shape index (κ2) is 4.22. The van der Waals surface area contributed by atoms with Gasteiger partial charge in [-0.05, 0) is 37.1 Å². The van der Waals surface area contributed by atoms with Crippen LogP contribution in [0.25, 0.3) is 0 Å². The van der Waals surface area contributed by atoms with Gasteiger partial charge in [-0.25, -0.2) is 0 Å². The van der Waals surface area contributed by atoms with Crippen molar-refractivity contribution in [3.05, 3.63) is 29.3 Å². The van der Waals surface area contributed by atoms with Gasteiger partial charge in [0.2, 0.25) is 0 Å². The lowest BCUT2D eigenvalue weighted by molar-refractivity contribution is -0.137. The smallest absolute Gasteiger partial charge is 0.384 e. The van der Waals surface area contributed by atoms with E-state index in [9.17, 15) is 13.2 Å². The van der Waals surface area contributed by atoms with Crippen LogP contribution < -0.4 is 11.1 Å². The number of benzene rings is 1. The van der Waals surface area contributed by atoms with Crippen molar-refractivity contribution in [3.8, 4) is 0 Å². The number of fused-ring (bicyclic) bond motifs is 1. The molecular weight excluding hydrogens is 229 g/mol. The lowest BCUT2D eigenvalue weighted by Gasteiger charge is -2.14. The van der Waals surface area contributed by atoms with Gasteiger partial charge in [-0.15, -0.1) is 0 Å². The van der Waals surface area contributed by atoms with Crippen LogP contribution >= 0.6 is 0 Å². The number of nitrogens with one attached hydrogen (secondary N) is 1. The molecule has 2 unspecified atom stereocenters. The number of hydrogen-bond acceptors (Lipinski definition) is 2. The normalized spacial score (nSPS) is 20.9. The zero-order valence-electron chi connectivity index (χ0n) is 9.51. The lowest BCUT2D eigenvalue weighted by Crippen LogP contribution is -2.19. The van der Waals surface area contributed by atoms with Gasteiger partial charge in [0, 0.05) is 24.2 Å². The van der Waals surface area contributed by atoms with Crippen LogP contribution in [0.3, 0.4) is 0 Å². The summed E-state index contributed by atoms with van der Waals surface area (Å²) in [6, 6.07) is 3.84. The SMILES string of the molecule is CC(N)CC1CNc2ccc(C(F)(F)F)cc21. The standard InChI is InChI=1S/C12H15F3N2/c1-7(16)4-8-6-17-11-3-2-9(5-10(8)11)12(13,14)15/h2-3,5,7-8,17H,4,6,16H2,1H3. The van der Waals surface area contributed by atoms with E-state index in [0.29, 0.717) is 13.0 Å². The Labute approximate surface area is 98.0 Å². The molecule has 0 fully saturated rings. The highest BCUT2D eigenvalue weighted by Gasteiger charge is 2.33. The molecule has 3 N–H and O–H groups in total. The van der Waals surface area contributed by atoms with Crippen molar-refractivity contribution in [1.82, 2.24) is 0 Å². The first-order chi connectivity index (χ1) is 7.88. The van der Waals surface area contributed by atoms with Crippen molar-refractivity contribution >= 4 is 5.69 Å². The van der Waals surface area contributed by atoms with Gasteiger partial charge in [0.05, 0.1) is 5.56 Å². The molecule has 2 atom stereocenters. The maximum absolute atomic E-state index is 12.6. The maximum Gasteiger partial charge on any atom is 0.416 e. The first-order valence-corrected chi connectivity index (χ1v) is 5.58. The third-order valence-electron chi connectivity index (χ3n) is 3.01. The molecule has 1 aromatic rings. The molecule has 94 valence electrons. The Kier molecular flexibility index (Phi) is 3.03. The summed E-state index contributed by atoms with van der Waals surface area (Å²) in [5.41, 5.74) is 6.64. The van der Waals surface area contributed by atoms with E-state index in [0.717, 1.165) is 17.3 Å². The van der Waals surface area contributed by atoms with Crippen LogP contribution in [-0.2, 0) is 6.18 Å². The van der Waals surface area contributed by atoms with Crippen molar-refractivity contribution in [2.75, 3.05) is 11.9 Å². The summed E-state index contributed by atoms with van der Waals surface area (Å²) in [7, 11) is 0. The molecule has 0 radical (unpaired) electrons. The van der Waals surface area contributed by atoms with Crippen molar-refractivity contribution in [3.63, 3.8) is 0 Å². The quantitative estimate of drug-likeness (QED) is 0.839. The Morgan fingerprint density at radius 3 is 2.76 bits per heavy atom. The highest BCUT2D eigenvalue weighted by molar-refractivity contribution is 5.59. The highest BCUT2D eigenvalue weighted by atomic mass is 19.4. The molecule has 17 heavy (non-hydrogen) atoms. The monoisotopic (exact) mass is 244 g/mol. The lowest BCUT2D eigenvalue weighted by atomic mass is 9.93. The van der Waals surface area contributed by atoms with Crippen LogP contribution in [0.1, 0.15) is 30.4 Å². The van der Waals surface area contributed by atoms with Crippen molar-refractivity contribution in [2.24, 2.45) is 5.73 Å². The summed E-state index contributed by atoms with van der Waals surface area (Å²) in [5.74, 6) is 0.0762. The summed E-state index contributed by atoms with van der Waals surface area (Å²) < 4.78 is 37.8. The molecule has 0 bridgehead atoms. The molecule has 1 aromatic carbocycles. The van der Waals surface area contributed by atoms with E-state index in [1.165, 1.54) is 12.1 Å². The minimum Gasteiger partial charge on any atom is -0.384 e. The minimum atomic E-state index is -4.28. The Morgan fingerprint density at radius 2 is 2.18 bits per heavy atom. The summed E-state index contributed by atoms with van der Waals surface area (Å²) in [4.78, 5) is 0. The molecular formula is C12H15F3N2. The van der Waals surface area contributed by atoms with E-state index in [2.05, 4.69) is 5.32 Å². The molecule has 5 heteroatoms. The summed E-state index contributed by atoms with van der Waals surface area (Å²) >= 11 is 0. The zero-order valence-corrected chi connectivity index (χ0v) is 9.51. The van der Waals surface area contributed by atoms with Gasteiger partial charge >= 0.3 is 6.18 Å². The van der Waals surface area contributed by atoms with Gasteiger partial charge in [0.25, 0.3) is 0 Å². The van der Waals surface area contributed by atoms with Crippen molar-refractivity contribution in [2.45, 2.75) is 31.5 Å². The summed E-state index contributed by atoms with van der Waals surface area (Å²) in [6.45, 7) is 2.53. The number of halogens is 3. The highest BCUT2D eigenvalue weighted by Crippen LogP contribution is 2.38.